The molecule has 4 rings (SSSR count). The van der Waals surface area contributed by atoms with E-state index in [0.29, 0.717) is 29.2 Å². The summed E-state index contributed by atoms with van der Waals surface area (Å²) in [6.45, 7) is 6.00. The fourth-order valence-corrected chi connectivity index (χ4v) is 3.73. The van der Waals surface area contributed by atoms with Crippen LogP contribution in [0.4, 0.5) is 10.1 Å². The van der Waals surface area contributed by atoms with Crippen LogP contribution in [0.15, 0.2) is 79.0 Å². The second-order valence-electron chi connectivity index (χ2n) is 8.21. The van der Waals surface area contributed by atoms with Gasteiger partial charge in [0, 0.05) is 23.5 Å². The van der Waals surface area contributed by atoms with E-state index in [1.165, 1.54) is 0 Å². The van der Waals surface area contributed by atoms with Gasteiger partial charge in [0.05, 0.1) is 41.8 Å². The second kappa shape index (κ2) is 10.7. The van der Waals surface area contributed by atoms with Gasteiger partial charge in [0.25, 0.3) is 0 Å². The monoisotopic (exact) mass is 470 g/mol. The van der Waals surface area contributed by atoms with Gasteiger partial charge in [-0.1, -0.05) is 18.2 Å². The molecule has 0 aliphatic heterocycles. The average molecular weight is 471 g/mol. The first-order valence-electron chi connectivity index (χ1n) is 11.5. The SMILES string of the molecule is CCOc1cc(OC(C)C)c(F)c(C(Nc2ccc(C#N)cc2)c2ccn(-c3ccccc3)n2)c1. The van der Waals surface area contributed by atoms with E-state index in [4.69, 9.17) is 19.8 Å². The summed E-state index contributed by atoms with van der Waals surface area (Å²) in [4.78, 5) is 0. The van der Waals surface area contributed by atoms with Gasteiger partial charge in [-0.3, -0.25) is 0 Å². The number of para-hydroxylation sites is 1. The number of nitriles is 1. The highest BCUT2D eigenvalue weighted by molar-refractivity contribution is 5.53. The molecule has 0 saturated heterocycles. The van der Waals surface area contributed by atoms with Crippen LogP contribution in [0.2, 0.25) is 0 Å². The molecular weight excluding hydrogens is 443 g/mol. The van der Waals surface area contributed by atoms with Gasteiger partial charge >= 0.3 is 0 Å². The zero-order chi connectivity index (χ0) is 24.8. The summed E-state index contributed by atoms with van der Waals surface area (Å²) < 4.78 is 29.1. The summed E-state index contributed by atoms with van der Waals surface area (Å²) in [5.74, 6) is 0.145. The third-order valence-electron chi connectivity index (χ3n) is 5.28. The van der Waals surface area contributed by atoms with E-state index < -0.39 is 11.9 Å². The van der Waals surface area contributed by atoms with Crippen molar-refractivity contribution in [2.24, 2.45) is 0 Å². The lowest BCUT2D eigenvalue weighted by atomic mass is 10.0. The predicted octanol–water partition coefficient (Wildman–Crippen LogP) is 6.27. The summed E-state index contributed by atoms with van der Waals surface area (Å²) in [7, 11) is 0. The highest BCUT2D eigenvalue weighted by Gasteiger charge is 2.25. The number of hydrogen-bond acceptors (Lipinski definition) is 5. The Morgan fingerprint density at radius 1 is 1.06 bits per heavy atom. The molecule has 7 heteroatoms. The van der Waals surface area contributed by atoms with Crippen molar-refractivity contribution in [3.63, 3.8) is 0 Å². The number of nitrogens with one attached hydrogen (secondary N) is 1. The molecule has 0 bridgehead atoms. The Bertz CT molecular complexity index is 1310. The van der Waals surface area contributed by atoms with Crippen molar-refractivity contribution in [2.75, 3.05) is 11.9 Å². The molecule has 3 aromatic carbocycles. The average Bonchev–Trinajstić information content (AvgIpc) is 3.35. The molecule has 1 unspecified atom stereocenters. The zero-order valence-electron chi connectivity index (χ0n) is 19.9. The zero-order valence-corrected chi connectivity index (χ0v) is 19.9. The van der Waals surface area contributed by atoms with Crippen molar-refractivity contribution in [2.45, 2.75) is 32.9 Å². The van der Waals surface area contributed by atoms with E-state index in [9.17, 15) is 0 Å². The molecule has 1 aromatic heterocycles. The Morgan fingerprint density at radius 2 is 1.80 bits per heavy atom. The molecule has 1 heterocycles. The van der Waals surface area contributed by atoms with E-state index in [1.807, 2.05) is 63.4 Å². The number of anilines is 1. The quantitative estimate of drug-likeness (QED) is 0.312. The van der Waals surface area contributed by atoms with E-state index in [0.717, 1.165) is 11.4 Å². The maximum Gasteiger partial charge on any atom is 0.171 e. The Hall–Kier alpha value is -4.31. The van der Waals surface area contributed by atoms with Crippen LogP contribution in [-0.4, -0.2) is 22.5 Å². The van der Waals surface area contributed by atoms with Crippen molar-refractivity contribution < 1.29 is 13.9 Å². The molecule has 178 valence electrons. The van der Waals surface area contributed by atoms with E-state index in [-0.39, 0.29) is 11.9 Å². The number of rotatable bonds is 9. The van der Waals surface area contributed by atoms with Crippen LogP contribution in [0, 0.1) is 17.1 Å². The lowest BCUT2D eigenvalue weighted by Gasteiger charge is -2.22. The topological polar surface area (TPSA) is 72.1 Å². The molecule has 6 nitrogen and oxygen atoms in total. The molecule has 1 N–H and O–H groups in total. The highest BCUT2D eigenvalue weighted by Crippen LogP contribution is 2.36. The molecule has 0 amide bonds. The van der Waals surface area contributed by atoms with Crippen molar-refractivity contribution in [3.8, 4) is 23.3 Å². The first-order chi connectivity index (χ1) is 17.0. The summed E-state index contributed by atoms with van der Waals surface area (Å²) in [6, 6.07) is 23.3. The van der Waals surface area contributed by atoms with Crippen LogP contribution < -0.4 is 14.8 Å². The summed E-state index contributed by atoms with van der Waals surface area (Å²) in [5.41, 5.74) is 3.10. The van der Waals surface area contributed by atoms with Crippen molar-refractivity contribution in [3.05, 3.63) is 102 Å². The minimum absolute atomic E-state index is 0.120. The molecule has 0 aliphatic rings. The van der Waals surface area contributed by atoms with Crippen LogP contribution >= 0.6 is 0 Å². The third kappa shape index (κ3) is 5.61. The molecule has 0 aliphatic carbocycles. The lowest BCUT2D eigenvalue weighted by Crippen LogP contribution is -2.17. The van der Waals surface area contributed by atoms with Gasteiger partial charge in [0.2, 0.25) is 0 Å². The summed E-state index contributed by atoms with van der Waals surface area (Å²) in [6.07, 6.45) is 1.63. The van der Waals surface area contributed by atoms with Gasteiger partial charge in [-0.2, -0.15) is 10.4 Å². The van der Waals surface area contributed by atoms with E-state index in [2.05, 4.69) is 11.4 Å². The molecule has 0 radical (unpaired) electrons. The number of hydrogen-bond donors (Lipinski definition) is 1. The maximum atomic E-state index is 15.8. The highest BCUT2D eigenvalue weighted by atomic mass is 19.1. The normalized spacial score (nSPS) is 11.7. The largest absolute Gasteiger partial charge is 0.494 e. The first-order valence-corrected chi connectivity index (χ1v) is 11.5. The minimum atomic E-state index is -0.650. The van der Waals surface area contributed by atoms with Gasteiger partial charge in [0.15, 0.2) is 11.6 Å². The molecule has 0 saturated carbocycles. The van der Waals surface area contributed by atoms with Crippen LogP contribution in [0.3, 0.4) is 0 Å². The Labute approximate surface area is 204 Å². The van der Waals surface area contributed by atoms with Gasteiger partial charge in [-0.25, -0.2) is 9.07 Å². The first kappa shape index (κ1) is 23.8. The minimum Gasteiger partial charge on any atom is -0.494 e. The van der Waals surface area contributed by atoms with E-state index >= 15 is 4.39 Å². The van der Waals surface area contributed by atoms with Crippen LogP contribution in [0.1, 0.15) is 43.6 Å². The molecule has 35 heavy (non-hydrogen) atoms. The van der Waals surface area contributed by atoms with E-state index in [1.54, 1.807) is 41.1 Å². The van der Waals surface area contributed by atoms with Gasteiger partial charge < -0.3 is 14.8 Å². The van der Waals surface area contributed by atoms with Crippen LogP contribution in [0.25, 0.3) is 5.69 Å². The smallest absolute Gasteiger partial charge is 0.171 e. The van der Waals surface area contributed by atoms with Crippen molar-refractivity contribution >= 4 is 5.69 Å². The number of nitrogens with zero attached hydrogens (tertiary/aromatic N) is 3. The van der Waals surface area contributed by atoms with Gasteiger partial charge in [-0.15, -0.1) is 0 Å². The molecular formula is C28H27FN4O2. The number of benzene rings is 3. The molecule has 0 spiro atoms. The fraction of sp³-hybridized carbons (Fsp3) is 0.214. The van der Waals surface area contributed by atoms with Crippen LogP contribution in [-0.2, 0) is 0 Å². The second-order valence-corrected chi connectivity index (χ2v) is 8.21. The standard InChI is InChI=1S/C28H27FN4O2/c1-4-34-23-16-24(27(29)26(17-23)35-19(2)3)28(31-21-12-10-20(18-30)11-13-21)25-14-15-33(32-25)22-8-6-5-7-9-22/h5-17,19,28,31H,4H2,1-3H3. The Kier molecular flexibility index (Phi) is 7.32. The number of ether oxygens (including phenoxy) is 2. The van der Waals surface area contributed by atoms with Gasteiger partial charge in [-0.05, 0) is 69.3 Å². The number of aromatic nitrogens is 2. The Balaban J connectivity index is 1.82. The third-order valence-corrected chi connectivity index (χ3v) is 5.28. The van der Waals surface area contributed by atoms with Gasteiger partial charge in [0.1, 0.15) is 5.75 Å². The predicted molar refractivity (Wildman–Crippen MR) is 134 cm³/mol. The number of halogens is 1. The summed E-state index contributed by atoms with van der Waals surface area (Å²) in [5, 5.41) is 17.3. The lowest BCUT2D eigenvalue weighted by molar-refractivity contribution is 0.228. The molecule has 1 atom stereocenters. The van der Waals surface area contributed by atoms with Crippen molar-refractivity contribution in [1.29, 1.82) is 5.26 Å². The molecule has 0 fully saturated rings. The van der Waals surface area contributed by atoms with Crippen molar-refractivity contribution in [1.82, 2.24) is 9.78 Å². The Morgan fingerprint density at radius 3 is 2.46 bits per heavy atom. The summed E-state index contributed by atoms with van der Waals surface area (Å²) >= 11 is 0. The maximum absolute atomic E-state index is 15.8. The fourth-order valence-electron chi connectivity index (χ4n) is 3.73. The molecule has 4 aromatic rings. The van der Waals surface area contributed by atoms with Crippen LogP contribution in [0.5, 0.6) is 11.5 Å².